The van der Waals surface area contributed by atoms with Gasteiger partial charge in [0.1, 0.15) is 30.3 Å². The maximum absolute atomic E-state index is 12.3. The molecular weight excluding hydrogens is 1090 g/mol. The van der Waals surface area contributed by atoms with Gasteiger partial charge in [0.25, 0.3) is 0 Å². The molecular formula is C60H109N5O19. The Morgan fingerprint density at radius 2 is 0.940 bits per heavy atom. The molecule has 0 saturated carbocycles. The normalized spacial score (nSPS) is 12.2. The molecule has 0 bridgehead atoms. The monoisotopic (exact) mass is 1200 g/mol. The van der Waals surface area contributed by atoms with E-state index in [4.69, 9.17) is 29.8 Å². The average Bonchev–Trinajstić information content (AvgIpc) is 3.49. The first-order chi connectivity index (χ1) is 40.2. The van der Waals surface area contributed by atoms with Crippen molar-refractivity contribution in [2.75, 3.05) is 72.5 Å². The van der Waals surface area contributed by atoms with E-state index in [0.717, 1.165) is 38.5 Å². The Labute approximate surface area is 499 Å². The van der Waals surface area contributed by atoms with Crippen molar-refractivity contribution < 1.29 is 92.1 Å². The molecule has 4 atom stereocenters. The molecule has 0 aromatic rings. The second-order valence-electron chi connectivity index (χ2n) is 20.7. The summed E-state index contributed by atoms with van der Waals surface area (Å²) in [4.78, 5) is 128. The number of carbonyl (C=O) groups excluding carboxylic acids is 7. The number of amides is 4. The fourth-order valence-electron chi connectivity index (χ4n) is 8.21. The maximum Gasteiger partial charge on any atom is 0.326 e. The lowest BCUT2D eigenvalue weighted by molar-refractivity contribution is -0.145. The number of ether oxygens (including phenoxy) is 4. The van der Waals surface area contributed by atoms with Crippen LogP contribution < -0.4 is 27.0 Å². The quantitative estimate of drug-likeness (QED) is 0.0280. The van der Waals surface area contributed by atoms with Gasteiger partial charge in [-0.15, -0.1) is 0 Å². The minimum atomic E-state index is -1.34. The summed E-state index contributed by atoms with van der Waals surface area (Å²) in [5.41, 5.74) is 5.40. The standard InChI is InChI=1S/C28H48N4O11.C23H43NO6.C9H18O2/c1-3-20(24(35)17-29)6-4-5-11-31-25(36)10-8-23(28(40)41)32-26(37)9-7-21(27(38)39)16-22(34)18-43-15-14-42-13-12-30-19(2)33;1-3-5-6-7-8-9-10-11-14-22(26)24-21(23(27)28)16-15-20(25)13-12-17-30-19-18-29-4-2;1-2-3-4-5-6-7-8-9(10)11/h20-21,23H,3-18,29H2,1-2H3,(H,30,33)(H,31,36)(H,32,37)(H,38,39)(H,40,41);21H,3-19H2,1-2H3,(H,24,26)(H,27,28);2-8H2,1H3,(H,10,11)/t20-,21+,23-;21-;/m00./s1. The topological polar surface area (TPSA) is 380 Å². The van der Waals surface area contributed by atoms with Gasteiger partial charge in [0, 0.05) is 84.1 Å². The van der Waals surface area contributed by atoms with Crippen molar-refractivity contribution in [1.29, 1.82) is 0 Å². The number of carboxylic acids is 4. The zero-order chi connectivity index (χ0) is 63.6. The lowest BCUT2D eigenvalue weighted by atomic mass is 9.94. The number of ketones is 3. The summed E-state index contributed by atoms with van der Waals surface area (Å²) in [6.45, 7) is 12.7. The molecule has 0 rings (SSSR count). The predicted molar refractivity (Wildman–Crippen MR) is 317 cm³/mol. The van der Waals surface area contributed by atoms with Gasteiger partial charge in [-0.05, 0) is 64.7 Å². The highest BCUT2D eigenvalue weighted by Crippen LogP contribution is 2.16. The maximum atomic E-state index is 12.3. The highest BCUT2D eigenvalue weighted by atomic mass is 16.5. The van der Waals surface area contributed by atoms with Crippen molar-refractivity contribution in [3.05, 3.63) is 0 Å². The van der Waals surface area contributed by atoms with Crippen LogP contribution in [0.1, 0.15) is 221 Å². The first-order valence-electron chi connectivity index (χ1n) is 30.8. The van der Waals surface area contributed by atoms with E-state index in [1.807, 2.05) is 13.8 Å². The number of Topliss-reactive ketones (excluding diaryl/α,β-unsaturated/α-hetero) is 3. The molecule has 0 spiro atoms. The second-order valence-corrected chi connectivity index (χ2v) is 20.7. The van der Waals surface area contributed by atoms with Crippen LogP contribution in [0.25, 0.3) is 0 Å². The first kappa shape index (κ1) is 82.8. The fourth-order valence-corrected chi connectivity index (χ4v) is 8.21. The lowest BCUT2D eigenvalue weighted by Crippen LogP contribution is -2.42. The van der Waals surface area contributed by atoms with Gasteiger partial charge < -0.3 is 66.4 Å². The molecule has 24 heteroatoms. The van der Waals surface area contributed by atoms with Crippen molar-refractivity contribution in [3.8, 4) is 0 Å². The summed E-state index contributed by atoms with van der Waals surface area (Å²) in [5, 5.41) is 46.6. The van der Waals surface area contributed by atoms with Gasteiger partial charge in [-0.3, -0.25) is 43.2 Å². The number of hydrogen-bond donors (Lipinski definition) is 9. The van der Waals surface area contributed by atoms with E-state index in [0.29, 0.717) is 84.5 Å². The number of nitrogens with two attached hydrogens (primary N) is 1. The number of unbranched alkanes of at least 4 members (excludes halogenated alkanes) is 13. The minimum Gasteiger partial charge on any atom is -0.481 e. The Balaban J connectivity index is -0.00000138. The van der Waals surface area contributed by atoms with Crippen molar-refractivity contribution in [1.82, 2.24) is 21.3 Å². The molecule has 0 aliphatic carbocycles. The molecule has 0 unspecified atom stereocenters. The van der Waals surface area contributed by atoms with E-state index < -0.39 is 53.6 Å². The number of carbonyl (C=O) groups is 11. The van der Waals surface area contributed by atoms with Gasteiger partial charge in [0.05, 0.1) is 45.5 Å². The van der Waals surface area contributed by atoms with Crippen molar-refractivity contribution in [2.45, 2.75) is 233 Å². The van der Waals surface area contributed by atoms with Crippen LogP contribution in [0.5, 0.6) is 0 Å². The van der Waals surface area contributed by atoms with Crippen LogP contribution in [0.15, 0.2) is 0 Å². The van der Waals surface area contributed by atoms with E-state index in [9.17, 15) is 68.1 Å². The lowest BCUT2D eigenvalue weighted by Gasteiger charge is -2.16. The van der Waals surface area contributed by atoms with Crippen LogP contribution >= 0.6 is 0 Å². The first-order valence-corrected chi connectivity index (χ1v) is 30.8. The molecule has 24 nitrogen and oxygen atoms in total. The van der Waals surface area contributed by atoms with E-state index in [2.05, 4.69) is 35.1 Å². The summed E-state index contributed by atoms with van der Waals surface area (Å²) in [7, 11) is 0. The Morgan fingerprint density at radius 3 is 1.46 bits per heavy atom. The summed E-state index contributed by atoms with van der Waals surface area (Å²) < 4.78 is 20.9. The SMILES string of the molecule is CCCCCCCCC(=O)O.CCCCCCCCCCC(=O)N[C@@H](CCC(=O)CCCOCCOCC)C(=O)O.CC[C@@H](CCCCNC(=O)CC[C@H](NC(=O)CC[C@H](CC(=O)COCCOCCNC(C)=O)C(=O)O)C(=O)O)C(=O)CN. The molecule has 0 aliphatic rings. The van der Waals surface area contributed by atoms with Gasteiger partial charge in [0.2, 0.25) is 23.6 Å². The highest BCUT2D eigenvalue weighted by molar-refractivity contribution is 5.87. The number of rotatable bonds is 56. The zero-order valence-corrected chi connectivity index (χ0v) is 51.6. The molecule has 0 fully saturated rings. The van der Waals surface area contributed by atoms with Crippen LogP contribution in [0.4, 0.5) is 0 Å². The molecule has 0 heterocycles. The van der Waals surface area contributed by atoms with E-state index in [-0.39, 0.29) is 113 Å². The number of nitrogens with one attached hydrogen (secondary N) is 4. The van der Waals surface area contributed by atoms with Gasteiger partial charge >= 0.3 is 23.9 Å². The van der Waals surface area contributed by atoms with Crippen LogP contribution in [0, 0.1) is 11.8 Å². The Morgan fingerprint density at radius 1 is 0.429 bits per heavy atom. The third-order valence-electron chi connectivity index (χ3n) is 13.2. The molecule has 84 heavy (non-hydrogen) atoms. The minimum absolute atomic E-state index is 0.00742. The smallest absolute Gasteiger partial charge is 0.326 e. The van der Waals surface area contributed by atoms with Gasteiger partial charge in [-0.1, -0.05) is 104 Å². The van der Waals surface area contributed by atoms with Gasteiger partial charge in [0.15, 0.2) is 5.78 Å². The highest BCUT2D eigenvalue weighted by Gasteiger charge is 2.26. The fraction of sp³-hybridized carbons (Fsp3) is 0.817. The third kappa shape index (κ3) is 57.0. The molecule has 0 aromatic carbocycles. The van der Waals surface area contributed by atoms with Crippen LogP contribution in [0.2, 0.25) is 0 Å². The van der Waals surface area contributed by atoms with Crippen LogP contribution in [-0.4, -0.2) is 170 Å². The Bertz CT molecular complexity index is 1800. The van der Waals surface area contributed by atoms with Crippen molar-refractivity contribution in [2.24, 2.45) is 17.6 Å². The van der Waals surface area contributed by atoms with Crippen molar-refractivity contribution in [3.63, 3.8) is 0 Å². The molecule has 0 aliphatic heterocycles. The summed E-state index contributed by atoms with van der Waals surface area (Å²) >= 11 is 0. The second kappa shape index (κ2) is 59.3. The third-order valence-corrected chi connectivity index (χ3v) is 13.2. The Hall–Kier alpha value is -5.43. The Kier molecular flexibility index (Phi) is 58.4. The molecule has 0 radical (unpaired) electrons. The molecule has 0 aromatic heterocycles. The van der Waals surface area contributed by atoms with E-state index in [1.54, 1.807) is 0 Å². The molecule has 4 amide bonds. The summed E-state index contributed by atoms with van der Waals surface area (Å²) in [6, 6.07) is -2.34. The van der Waals surface area contributed by atoms with Crippen molar-refractivity contribution >= 4 is 64.9 Å². The van der Waals surface area contributed by atoms with E-state index >= 15 is 0 Å². The predicted octanol–water partition coefficient (Wildman–Crippen LogP) is 6.88. The zero-order valence-electron chi connectivity index (χ0n) is 51.6. The van der Waals surface area contributed by atoms with Crippen LogP contribution in [0.3, 0.4) is 0 Å². The summed E-state index contributed by atoms with van der Waals surface area (Å²) in [5.74, 6) is -7.61. The van der Waals surface area contributed by atoms with E-state index in [1.165, 1.54) is 64.7 Å². The average molecular weight is 1200 g/mol. The summed E-state index contributed by atoms with van der Waals surface area (Å²) in [6.07, 6.45) is 19.5. The largest absolute Gasteiger partial charge is 0.481 e. The number of aliphatic carboxylic acids is 4. The number of carboxylic acid groups (broad SMARTS) is 4. The van der Waals surface area contributed by atoms with Gasteiger partial charge in [-0.25, -0.2) is 9.59 Å². The van der Waals surface area contributed by atoms with Crippen LogP contribution in [-0.2, 0) is 71.7 Å². The number of hydrogen-bond acceptors (Lipinski definition) is 16. The molecule has 488 valence electrons. The molecule has 0 saturated heterocycles. The van der Waals surface area contributed by atoms with Gasteiger partial charge in [-0.2, -0.15) is 0 Å². The molecule has 10 N–H and O–H groups in total.